The van der Waals surface area contributed by atoms with Gasteiger partial charge in [-0.05, 0) is 75.9 Å². The molecule has 1 aliphatic rings. The second-order valence-electron chi connectivity index (χ2n) is 9.93. The van der Waals surface area contributed by atoms with Crippen molar-refractivity contribution in [2.75, 3.05) is 5.32 Å². The maximum absolute atomic E-state index is 10.5. The molecule has 1 atom stereocenters. The highest BCUT2D eigenvalue weighted by Gasteiger charge is 2.21. The Kier molecular flexibility index (Phi) is 5.92. The van der Waals surface area contributed by atoms with Crippen LogP contribution in [-0.4, -0.2) is 39.6 Å². The van der Waals surface area contributed by atoms with Gasteiger partial charge in [0.15, 0.2) is 5.82 Å². The van der Waals surface area contributed by atoms with Crippen molar-refractivity contribution < 1.29 is 5.11 Å². The van der Waals surface area contributed by atoms with Crippen LogP contribution in [0.15, 0.2) is 55.0 Å². The molecule has 1 aromatic carbocycles. The number of aliphatic hydroxyl groups is 1. The maximum Gasteiger partial charge on any atom is 0.153 e. The molecule has 0 aliphatic heterocycles. The van der Waals surface area contributed by atoms with Gasteiger partial charge in [0, 0.05) is 29.6 Å². The number of fused-ring (bicyclic) bond motifs is 1. The van der Waals surface area contributed by atoms with Crippen molar-refractivity contribution in [1.29, 1.82) is 0 Å². The predicted molar refractivity (Wildman–Crippen MR) is 143 cm³/mol. The number of nitrogens with one attached hydrogen (secondary N) is 1. The third-order valence-corrected chi connectivity index (χ3v) is 7.10. The van der Waals surface area contributed by atoms with Gasteiger partial charge >= 0.3 is 0 Å². The summed E-state index contributed by atoms with van der Waals surface area (Å²) < 4.78 is 4.00. The van der Waals surface area contributed by atoms with Crippen molar-refractivity contribution in [3.63, 3.8) is 0 Å². The van der Waals surface area contributed by atoms with Crippen molar-refractivity contribution >= 4 is 22.5 Å². The minimum Gasteiger partial charge on any atom is -0.389 e. The second-order valence-corrected chi connectivity index (χ2v) is 9.93. The molecule has 9 heteroatoms. The monoisotopic (exact) mass is 494 g/mol. The lowest BCUT2D eigenvalue weighted by atomic mass is 9.85. The quantitative estimate of drug-likeness (QED) is 0.317. The summed E-state index contributed by atoms with van der Waals surface area (Å²) in [7, 11) is 0. The molecule has 1 aliphatic carbocycles. The van der Waals surface area contributed by atoms with E-state index in [4.69, 9.17) is 10.1 Å². The summed E-state index contributed by atoms with van der Waals surface area (Å²) in [5, 5.41) is 26.8. The molecule has 0 spiro atoms. The Morgan fingerprint density at radius 2 is 1.95 bits per heavy atom. The highest BCUT2D eigenvalue weighted by Crippen LogP contribution is 2.33. The van der Waals surface area contributed by atoms with Gasteiger partial charge in [-0.25, -0.2) is 9.97 Å². The van der Waals surface area contributed by atoms with Crippen LogP contribution < -0.4 is 5.32 Å². The van der Waals surface area contributed by atoms with Gasteiger partial charge in [-0.3, -0.25) is 9.25 Å². The van der Waals surface area contributed by atoms with Crippen LogP contribution in [-0.2, 0) is 6.54 Å². The topological polar surface area (TPSA) is 107 Å². The molecule has 5 aromatic rings. The lowest BCUT2D eigenvalue weighted by Crippen LogP contribution is -2.18. The minimum atomic E-state index is -0.649. The molecule has 0 saturated heterocycles. The van der Waals surface area contributed by atoms with E-state index in [9.17, 15) is 5.11 Å². The molecule has 1 unspecified atom stereocenters. The molecule has 4 heterocycles. The first-order valence-electron chi connectivity index (χ1n) is 12.7. The molecule has 2 N–H and O–H groups in total. The molecular weight excluding hydrogens is 464 g/mol. The summed E-state index contributed by atoms with van der Waals surface area (Å²) in [6, 6.07) is 13.7. The first kappa shape index (κ1) is 23.3. The van der Waals surface area contributed by atoms with Gasteiger partial charge in [0.25, 0.3) is 0 Å². The molecule has 0 amide bonds. The highest BCUT2D eigenvalue weighted by molar-refractivity contribution is 5.82. The van der Waals surface area contributed by atoms with Gasteiger partial charge in [0.2, 0.25) is 0 Å². The third kappa shape index (κ3) is 4.58. The first-order valence-corrected chi connectivity index (χ1v) is 12.7. The van der Waals surface area contributed by atoms with Crippen molar-refractivity contribution in [3.8, 4) is 17.1 Å². The van der Waals surface area contributed by atoms with Crippen LogP contribution in [0, 0.1) is 19.8 Å². The molecule has 0 bridgehead atoms. The van der Waals surface area contributed by atoms with Gasteiger partial charge in [0.05, 0.1) is 34.2 Å². The van der Waals surface area contributed by atoms with Crippen LogP contribution in [0.2, 0.25) is 0 Å². The number of benzene rings is 1. The van der Waals surface area contributed by atoms with Gasteiger partial charge in [0.1, 0.15) is 12.1 Å². The fourth-order valence-corrected chi connectivity index (χ4v) is 4.82. The number of aryl methyl sites for hydroxylation is 2. The van der Waals surface area contributed by atoms with Crippen LogP contribution in [0.5, 0.6) is 0 Å². The smallest absolute Gasteiger partial charge is 0.153 e. The zero-order valence-corrected chi connectivity index (χ0v) is 21.3. The van der Waals surface area contributed by atoms with E-state index in [2.05, 4.69) is 26.7 Å². The Labute approximate surface area is 215 Å². The van der Waals surface area contributed by atoms with Gasteiger partial charge < -0.3 is 10.4 Å². The molecule has 0 radical (unpaired) electrons. The molecular formula is C28H30N8O. The van der Waals surface area contributed by atoms with Gasteiger partial charge in [-0.1, -0.05) is 12.5 Å². The summed E-state index contributed by atoms with van der Waals surface area (Å²) in [6.07, 6.45) is 7.05. The zero-order chi connectivity index (χ0) is 25.5. The van der Waals surface area contributed by atoms with E-state index in [1.807, 2.05) is 65.6 Å². The number of hydrogen-bond acceptors (Lipinski definition) is 7. The van der Waals surface area contributed by atoms with Crippen molar-refractivity contribution in [1.82, 2.24) is 34.5 Å². The Balaban J connectivity index is 1.35. The number of aliphatic hydroxyl groups excluding tert-OH is 1. The zero-order valence-electron chi connectivity index (χ0n) is 21.3. The third-order valence-electron chi connectivity index (χ3n) is 7.10. The molecule has 37 heavy (non-hydrogen) atoms. The van der Waals surface area contributed by atoms with Crippen LogP contribution in [0.25, 0.3) is 28.1 Å². The molecule has 188 valence electrons. The van der Waals surface area contributed by atoms with Gasteiger partial charge in [-0.15, -0.1) is 5.10 Å². The number of aromatic nitrogens is 7. The van der Waals surface area contributed by atoms with Crippen LogP contribution in [0.1, 0.15) is 49.2 Å². The van der Waals surface area contributed by atoms with Crippen LogP contribution in [0.4, 0.5) is 11.5 Å². The van der Waals surface area contributed by atoms with E-state index >= 15 is 0 Å². The SMILES string of the molecule is Cc1ccc(Nc2ccc3c(c2)ncn3-c2ccc(C(C)O)c(-c3cn(CC4CCC4)nc3C)n2)nn1. The number of hydrogen-bond donors (Lipinski definition) is 2. The van der Waals surface area contributed by atoms with Crippen LogP contribution >= 0.6 is 0 Å². The number of pyridine rings is 1. The summed E-state index contributed by atoms with van der Waals surface area (Å²) in [4.78, 5) is 9.64. The fraction of sp³-hybridized carbons (Fsp3) is 0.321. The number of rotatable bonds is 7. The number of nitrogens with zero attached hydrogens (tertiary/aromatic N) is 7. The van der Waals surface area contributed by atoms with Crippen molar-refractivity contribution in [2.24, 2.45) is 5.92 Å². The summed E-state index contributed by atoms with van der Waals surface area (Å²) in [5.74, 6) is 2.12. The second kappa shape index (κ2) is 9.40. The minimum absolute atomic E-state index is 0.649. The summed E-state index contributed by atoms with van der Waals surface area (Å²) in [5.41, 5.74) is 6.91. The molecule has 6 rings (SSSR count). The summed E-state index contributed by atoms with van der Waals surface area (Å²) in [6.45, 7) is 6.62. The molecule has 1 fully saturated rings. The van der Waals surface area contributed by atoms with E-state index in [0.717, 1.165) is 57.3 Å². The Morgan fingerprint density at radius 3 is 2.68 bits per heavy atom. The largest absolute Gasteiger partial charge is 0.389 e. The predicted octanol–water partition coefficient (Wildman–Crippen LogP) is 5.29. The van der Waals surface area contributed by atoms with E-state index in [0.29, 0.717) is 11.7 Å². The lowest BCUT2D eigenvalue weighted by Gasteiger charge is -2.24. The molecule has 4 aromatic heterocycles. The van der Waals surface area contributed by atoms with Crippen LogP contribution in [0.3, 0.4) is 0 Å². The standard InChI is InChI=1S/C28H30N8O/c1-17-7-11-26(33-32-17)30-21-8-10-25-24(13-21)29-16-36(25)27-12-9-22(19(3)37)28(31-27)23-15-35(34-18(23)2)14-20-5-4-6-20/h7-13,15-16,19-20,37H,4-6,14H2,1-3H3,(H,30,33). The lowest BCUT2D eigenvalue weighted by molar-refractivity contribution is 0.199. The average Bonchev–Trinajstić information content (AvgIpc) is 3.45. The van der Waals surface area contributed by atoms with E-state index in [1.54, 1.807) is 13.3 Å². The Morgan fingerprint density at radius 1 is 1.08 bits per heavy atom. The molecule has 9 nitrogen and oxygen atoms in total. The van der Waals surface area contributed by atoms with Crippen molar-refractivity contribution in [2.45, 2.75) is 52.7 Å². The fourth-order valence-electron chi connectivity index (χ4n) is 4.82. The maximum atomic E-state index is 10.5. The first-order chi connectivity index (χ1) is 17.9. The number of anilines is 2. The van der Waals surface area contributed by atoms with Gasteiger partial charge in [-0.2, -0.15) is 10.2 Å². The number of imidazole rings is 1. The highest BCUT2D eigenvalue weighted by atomic mass is 16.3. The normalized spacial score (nSPS) is 14.6. The molecule has 1 saturated carbocycles. The Bertz CT molecular complexity index is 1560. The Hall–Kier alpha value is -4.11. The summed E-state index contributed by atoms with van der Waals surface area (Å²) >= 11 is 0. The van der Waals surface area contributed by atoms with E-state index in [-0.39, 0.29) is 0 Å². The van der Waals surface area contributed by atoms with E-state index in [1.165, 1.54) is 19.3 Å². The van der Waals surface area contributed by atoms with Crippen molar-refractivity contribution in [3.05, 3.63) is 71.9 Å². The average molecular weight is 495 g/mol. The van der Waals surface area contributed by atoms with E-state index < -0.39 is 6.10 Å².